The fourth-order valence-corrected chi connectivity index (χ4v) is 7.44. The summed E-state index contributed by atoms with van der Waals surface area (Å²) < 4.78 is 0. The molecule has 2 aromatic rings. The topological polar surface area (TPSA) is 58.2 Å². The molecule has 4 aliphatic carbocycles. The van der Waals surface area contributed by atoms with Crippen molar-refractivity contribution < 1.29 is 9.59 Å². The van der Waals surface area contributed by atoms with Crippen molar-refractivity contribution in [2.24, 2.45) is 17.8 Å². The zero-order valence-electron chi connectivity index (χ0n) is 18.7. The van der Waals surface area contributed by atoms with E-state index in [2.05, 4.69) is 23.6 Å². The molecule has 4 aliphatic rings. The molecule has 0 unspecified atom stereocenters. The van der Waals surface area contributed by atoms with Crippen molar-refractivity contribution in [3.63, 3.8) is 0 Å². The van der Waals surface area contributed by atoms with Crippen LogP contribution in [-0.2, 0) is 11.2 Å². The Morgan fingerprint density at radius 1 is 0.969 bits per heavy atom. The fraction of sp³-hybridized carbons (Fsp3) is 0.481. The molecular weight excluding hydrogens is 416 g/mol. The van der Waals surface area contributed by atoms with Crippen molar-refractivity contribution in [3.8, 4) is 0 Å². The molecule has 0 radical (unpaired) electrons. The Balaban J connectivity index is 1.22. The molecule has 0 aromatic heterocycles. The molecule has 4 nitrogen and oxygen atoms in total. The molecule has 5 heteroatoms. The van der Waals surface area contributed by atoms with Gasteiger partial charge in [0.1, 0.15) is 0 Å². The monoisotopic (exact) mass is 448 g/mol. The number of anilines is 1. The van der Waals surface area contributed by atoms with Gasteiger partial charge in [0.25, 0.3) is 5.91 Å². The SMILES string of the molecule is CCc1cccc(NC(=O)c2ccccc2SCC(=O)NC23CC4CC(CC(C4)C2)C3)c1. The lowest BCUT2D eigenvalue weighted by Crippen LogP contribution is -2.60. The van der Waals surface area contributed by atoms with Gasteiger partial charge in [-0.2, -0.15) is 0 Å². The highest BCUT2D eigenvalue weighted by molar-refractivity contribution is 8.00. The van der Waals surface area contributed by atoms with E-state index in [4.69, 9.17) is 0 Å². The van der Waals surface area contributed by atoms with Crippen molar-refractivity contribution >= 4 is 29.3 Å². The summed E-state index contributed by atoms with van der Waals surface area (Å²) in [6, 6.07) is 15.5. The lowest BCUT2D eigenvalue weighted by Gasteiger charge is -2.56. The third kappa shape index (κ3) is 4.59. The number of amides is 2. The first kappa shape index (κ1) is 21.6. The number of rotatable bonds is 7. The van der Waals surface area contributed by atoms with Gasteiger partial charge in [-0.1, -0.05) is 31.2 Å². The van der Waals surface area contributed by atoms with Gasteiger partial charge < -0.3 is 10.6 Å². The number of nitrogens with one attached hydrogen (secondary N) is 2. The summed E-state index contributed by atoms with van der Waals surface area (Å²) in [5.41, 5.74) is 2.63. The van der Waals surface area contributed by atoms with E-state index in [1.54, 1.807) is 0 Å². The maximum Gasteiger partial charge on any atom is 0.256 e. The Kier molecular flexibility index (Phi) is 6.02. The van der Waals surface area contributed by atoms with Crippen LogP contribution in [-0.4, -0.2) is 23.1 Å². The maximum absolute atomic E-state index is 13.0. The van der Waals surface area contributed by atoms with Crippen LogP contribution in [0, 0.1) is 17.8 Å². The first-order chi connectivity index (χ1) is 15.5. The summed E-state index contributed by atoms with van der Waals surface area (Å²) in [4.78, 5) is 26.7. The van der Waals surface area contributed by atoms with Crippen LogP contribution in [0.4, 0.5) is 5.69 Å². The van der Waals surface area contributed by atoms with E-state index in [1.807, 2.05) is 42.5 Å². The van der Waals surface area contributed by atoms with Gasteiger partial charge >= 0.3 is 0 Å². The second kappa shape index (κ2) is 8.93. The average molecular weight is 449 g/mol. The van der Waals surface area contributed by atoms with Gasteiger partial charge in [0.15, 0.2) is 0 Å². The quantitative estimate of drug-likeness (QED) is 0.536. The molecule has 4 fully saturated rings. The van der Waals surface area contributed by atoms with Gasteiger partial charge in [0, 0.05) is 16.1 Å². The smallest absolute Gasteiger partial charge is 0.256 e. The predicted octanol–water partition coefficient (Wildman–Crippen LogP) is 5.68. The van der Waals surface area contributed by atoms with Gasteiger partial charge in [-0.3, -0.25) is 9.59 Å². The molecule has 32 heavy (non-hydrogen) atoms. The molecule has 0 saturated heterocycles. The summed E-state index contributed by atoms with van der Waals surface area (Å²) >= 11 is 1.46. The third-order valence-corrected chi connectivity index (χ3v) is 8.60. The van der Waals surface area contributed by atoms with Crippen LogP contribution in [0.5, 0.6) is 0 Å². The van der Waals surface area contributed by atoms with E-state index < -0.39 is 0 Å². The number of benzene rings is 2. The van der Waals surface area contributed by atoms with Crippen LogP contribution < -0.4 is 10.6 Å². The van der Waals surface area contributed by atoms with Gasteiger partial charge in [-0.25, -0.2) is 0 Å². The fourth-order valence-electron chi connectivity index (χ4n) is 6.59. The number of hydrogen-bond acceptors (Lipinski definition) is 3. The summed E-state index contributed by atoms with van der Waals surface area (Å²) in [6.07, 6.45) is 8.51. The molecule has 2 aromatic carbocycles. The normalized spacial score (nSPS) is 27.8. The van der Waals surface area contributed by atoms with Crippen LogP contribution >= 0.6 is 11.8 Å². The minimum Gasteiger partial charge on any atom is -0.350 e. The van der Waals surface area contributed by atoms with Gasteiger partial charge in [-0.15, -0.1) is 11.8 Å². The molecule has 6 rings (SSSR count). The number of carbonyl (C=O) groups excluding carboxylic acids is 2. The molecular formula is C27H32N2O2S. The summed E-state index contributed by atoms with van der Waals surface area (Å²) in [7, 11) is 0. The highest BCUT2D eigenvalue weighted by Crippen LogP contribution is 2.55. The second-order valence-electron chi connectivity index (χ2n) is 10.0. The maximum atomic E-state index is 13.0. The van der Waals surface area contributed by atoms with Gasteiger partial charge in [0.2, 0.25) is 5.91 Å². The van der Waals surface area contributed by atoms with Crippen molar-refractivity contribution in [1.29, 1.82) is 0 Å². The highest BCUT2D eigenvalue weighted by atomic mass is 32.2. The standard InChI is InChI=1S/C27H32N2O2S/c1-2-18-6-5-7-22(13-18)28-26(31)23-8-3-4-9-24(23)32-17-25(30)29-27-14-19-10-20(15-27)12-21(11-19)16-27/h3-9,13,19-21H,2,10-12,14-17H2,1H3,(H,28,31)(H,29,30). The molecule has 4 saturated carbocycles. The minimum atomic E-state index is -0.136. The van der Waals surface area contributed by atoms with Crippen molar-refractivity contribution in [2.45, 2.75) is 62.3 Å². The average Bonchev–Trinajstić information content (AvgIpc) is 2.76. The number of hydrogen-bond donors (Lipinski definition) is 2. The first-order valence-corrected chi connectivity index (χ1v) is 12.9. The summed E-state index contributed by atoms with van der Waals surface area (Å²) in [5, 5.41) is 6.45. The molecule has 2 amide bonds. The molecule has 0 heterocycles. The van der Waals surface area contributed by atoms with Crippen LogP contribution in [0.2, 0.25) is 0 Å². The van der Waals surface area contributed by atoms with Gasteiger partial charge in [-0.05, 0) is 92.5 Å². The number of carbonyl (C=O) groups is 2. The van der Waals surface area contributed by atoms with E-state index in [0.29, 0.717) is 11.3 Å². The van der Waals surface area contributed by atoms with Crippen LogP contribution in [0.3, 0.4) is 0 Å². The minimum absolute atomic E-state index is 0.0353. The Morgan fingerprint density at radius 2 is 1.66 bits per heavy atom. The van der Waals surface area contributed by atoms with Gasteiger partial charge in [0.05, 0.1) is 11.3 Å². The van der Waals surface area contributed by atoms with E-state index in [0.717, 1.165) is 54.0 Å². The second-order valence-corrected chi connectivity index (χ2v) is 11.1. The largest absolute Gasteiger partial charge is 0.350 e. The summed E-state index contributed by atoms with van der Waals surface area (Å²) in [5.74, 6) is 2.74. The van der Waals surface area contributed by atoms with E-state index >= 15 is 0 Å². The predicted molar refractivity (Wildman–Crippen MR) is 130 cm³/mol. The molecule has 0 spiro atoms. The molecule has 0 atom stereocenters. The number of aryl methyl sites for hydroxylation is 1. The van der Waals surface area contributed by atoms with E-state index in [1.165, 1.54) is 36.6 Å². The molecule has 2 N–H and O–H groups in total. The van der Waals surface area contributed by atoms with Crippen LogP contribution in [0.15, 0.2) is 53.4 Å². The van der Waals surface area contributed by atoms with E-state index in [-0.39, 0.29) is 17.4 Å². The Hall–Kier alpha value is -2.27. The first-order valence-electron chi connectivity index (χ1n) is 11.9. The lowest BCUT2D eigenvalue weighted by atomic mass is 9.53. The molecule has 168 valence electrons. The Bertz CT molecular complexity index is 983. The molecule has 0 aliphatic heterocycles. The third-order valence-electron chi connectivity index (χ3n) is 7.53. The highest BCUT2D eigenvalue weighted by Gasteiger charge is 2.51. The van der Waals surface area contributed by atoms with Crippen molar-refractivity contribution in [3.05, 3.63) is 59.7 Å². The Labute approximate surface area is 194 Å². The van der Waals surface area contributed by atoms with Crippen LogP contribution in [0.1, 0.15) is 61.4 Å². The zero-order chi connectivity index (χ0) is 22.1. The number of thioether (sulfide) groups is 1. The Morgan fingerprint density at radius 3 is 2.34 bits per heavy atom. The molecule has 4 bridgehead atoms. The zero-order valence-corrected chi connectivity index (χ0v) is 19.5. The lowest BCUT2D eigenvalue weighted by molar-refractivity contribution is -0.124. The van der Waals surface area contributed by atoms with Crippen molar-refractivity contribution in [1.82, 2.24) is 5.32 Å². The van der Waals surface area contributed by atoms with Crippen molar-refractivity contribution in [2.75, 3.05) is 11.1 Å². The van der Waals surface area contributed by atoms with Crippen LogP contribution in [0.25, 0.3) is 0 Å². The summed E-state index contributed by atoms with van der Waals surface area (Å²) in [6.45, 7) is 2.10. The van der Waals surface area contributed by atoms with E-state index in [9.17, 15) is 9.59 Å².